The summed E-state index contributed by atoms with van der Waals surface area (Å²) in [4.78, 5) is 0.231. The van der Waals surface area contributed by atoms with Crippen LogP contribution in [-0.4, -0.2) is 49.5 Å². The van der Waals surface area contributed by atoms with Crippen molar-refractivity contribution in [2.75, 3.05) is 20.8 Å². The molecular weight excluding hydrogens is 589 g/mol. The van der Waals surface area contributed by atoms with Crippen LogP contribution in [-0.2, 0) is 28.2 Å². The molecule has 4 aliphatic carbocycles. The smallest absolute Gasteiger partial charge is 0.296 e. The standard InChI is InChI=1S/C36H58O6SSi/c1-24-11-13-28(14-12-24)43(37,38)41-20-18-26-22-35(6)30(15-16-31(35)42-44(9,10)34(3,4)5)32-25(2)21-27-23-36(39-7,40-8)19-17-29(27)33(26)32/h11-14,25-26,30-33H,15-23H2,1-10H3/t25?,26-,30?,31-,32?,33?,35-/m0/s1. The van der Waals surface area contributed by atoms with Gasteiger partial charge in [-0.25, -0.2) is 0 Å². The van der Waals surface area contributed by atoms with Crippen molar-refractivity contribution >= 4 is 18.4 Å². The van der Waals surface area contributed by atoms with E-state index in [2.05, 4.69) is 47.7 Å². The molecule has 0 aliphatic heterocycles. The topological polar surface area (TPSA) is 71.1 Å². The number of benzene rings is 1. The molecule has 2 fully saturated rings. The lowest BCUT2D eigenvalue weighted by molar-refractivity contribution is -0.214. The highest BCUT2D eigenvalue weighted by molar-refractivity contribution is 7.86. The van der Waals surface area contributed by atoms with Crippen molar-refractivity contribution in [2.45, 2.75) is 128 Å². The highest BCUT2D eigenvalue weighted by Crippen LogP contribution is 2.66. The minimum Gasteiger partial charge on any atom is -0.413 e. The van der Waals surface area contributed by atoms with E-state index in [0.717, 1.165) is 50.5 Å². The Kier molecular flexibility index (Phi) is 9.52. The molecule has 0 saturated heterocycles. The normalized spacial score (nSPS) is 34.0. The summed E-state index contributed by atoms with van der Waals surface area (Å²) in [6, 6.07) is 6.94. The van der Waals surface area contributed by atoms with Crippen LogP contribution in [0.5, 0.6) is 0 Å². The molecule has 0 aromatic heterocycles. The van der Waals surface area contributed by atoms with Crippen LogP contribution in [0.4, 0.5) is 0 Å². The summed E-state index contributed by atoms with van der Waals surface area (Å²) in [6.07, 6.45) is 8.13. The molecule has 0 bridgehead atoms. The van der Waals surface area contributed by atoms with Crippen molar-refractivity contribution in [2.24, 2.45) is 35.0 Å². The molecule has 0 spiro atoms. The SMILES string of the molecule is COC1(OC)CCC2=C(CC(C)C3C2[C@@H](CCOS(=O)(=O)c2ccc(C)cc2)C[C@@]2(C)C3CC[C@@H]2O[Si](C)(C)C(C)(C)C)C1. The zero-order valence-electron chi connectivity index (χ0n) is 29.0. The van der Waals surface area contributed by atoms with E-state index in [0.29, 0.717) is 29.6 Å². The summed E-state index contributed by atoms with van der Waals surface area (Å²) in [5.41, 5.74) is 4.23. The lowest BCUT2D eigenvalue weighted by Gasteiger charge is -2.58. The zero-order valence-corrected chi connectivity index (χ0v) is 30.8. The average molecular weight is 647 g/mol. The van der Waals surface area contributed by atoms with E-state index in [1.54, 1.807) is 31.9 Å². The molecule has 0 heterocycles. The van der Waals surface area contributed by atoms with E-state index >= 15 is 0 Å². The van der Waals surface area contributed by atoms with Crippen LogP contribution in [0.25, 0.3) is 0 Å². The molecule has 2 saturated carbocycles. The number of aryl methyl sites for hydroxylation is 1. The van der Waals surface area contributed by atoms with Crippen LogP contribution >= 0.6 is 0 Å². The maximum Gasteiger partial charge on any atom is 0.296 e. The number of ether oxygens (including phenoxy) is 2. The van der Waals surface area contributed by atoms with E-state index in [9.17, 15) is 8.42 Å². The van der Waals surface area contributed by atoms with Gasteiger partial charge in [0.1, 0.15) is 0 Å². The molecule has 5 rings (SSSR count). The Morgan fingerprint density at radius 1 is 1.05 bits per heavy atom. The second-order valence-electron chi connectivity index (χ2n) is 16.3. The molecule has 1 aromatic rings. The van der Waals surface area contributed by atoms with Gasteiger partial charge >= 0.3 is 0 Å². The maximum absolute atomic E-state index is 13.2. The Hall–Kier alpha value is -1.03. The predicted molar refractivity (Wildman–Crippen MR) is 178 cm³/mol. The van der Waals surface area contributed by atoms with Gasteiger partial charge in [0.2, 0.25) is 0 Å². The molecule has 0 radical (unpaired) electrons. The van der Waals surface area contributed by atoms with E-state index in [4.69, 9.17) is 18.1 Å². The maximum atomic E-state index is 13.2. The van der Waals surface area contributed by atoms with Crippen molar-refractivity contribution < 1.29 is 26.5 Å². The fourth-order valence-corrected chi connectivity index (χ4v) is 11.7. The number of rotatable bonds is 9. The van der Waals surface area contributed by atoms with Crippen LogP contribution in [0.1, 0.15) is 91.5 Å². The van der Waals surface area contributed by atoms with Crippen molar-refractivity contribution in [3.05, 3.63) is 41.0 Å². The second kappa shape index (κ2) is 12.2. The zero-order chi connectivity index (χ0) is 32.3. The first-order valence-corrected chi connectivity index (χ1v) is 21.2. The van der Waals surface area contributed by atoms with E-state index < -0.39 is 24.2 Å². The van der Waals surface area contributed by atoms with Gasteiger partial charge in [0, 0.05) is 27.1 Å². The Labute approximate surface area is 268 Å². The predicted octanol–water partition coefficient (Wildman–Crippen LogP) is 8.66. The Balaban J connectivity index is 1.46. The summed E-state index contributed by atoms with van der Waals surface area (Å²) in [7, 11) is -2.23. The molecule has 44 heavy (non-hydrogen) atoms. The van der Waals surface area contributed by atoms with Crippen molar-refractivity contribution in [3.63, 3.8) is 0 Å². The van der Waals surface area contributed by atoms with Crippen molar-refractivity contribution in [3.8, 4) is 0 Å². The quantitative estimate of drug-likeness (QED) is 0.116. The number of hydrogen-bond acceptors (Lipinski definition) is 6. The first-order valence-electron chi connectivity index (χ1n) is 16.9. The molecular formula is C36H58O6SSi. The Morgan fingerprint density at radius 2 is 1.70 bits per heavy atom. The number of methoxy groups -OCH3 is 2. The van der Waals surface area contributed by atoms with Crippen LogP contribution in [0.15, 0.2) is 40.3 Å². The van der Waals surface area contributed by atoms with Crippen molar-refractivity contribution in [1.82, 2.24) is 0 Å². The second-order valence-corrected chi connectivity index (χ2v) is 22.7. The van der Waals surface area contributed by atoms with Crippen LogP contribution < -0.4 is 0 Å². The molecule has 4 aliphatic rings. The van der Waals surface area contributed by atoms with Gasteiger partial charge in [-0.15, -0.1) is 0 Å². The minimum absolute atomic E-state index is 0.0704. The molecule has 0 amide bonds. The number of hydrogen-bond donors (Lipinski definition) is 0. The number of allylic oxidation sites excluding steroid dienone is 1. The van der Waals surface area contributed by atoms with Crippen LogP contribution in [0.3, 0.4) is 0 Å². The Bertz CT molecular complexity index is 1330. The molecule has 248 valence electrons. The molecule has 7 atom stereocenters. The highest BCUT2D eigenvalue weighted by atomic mass is 32.2. The van der Waals surface area contributed by atoms with E-state index in [-0.39, 0.29) is 28.1 Å². The van der Waals surface area contributed by atoms with Gasteiger partial charge in [-0.2, -0.15) is 8.42 Å². The lowest BCUT2D eigenvalue weighted by atomic mass is 9.48. The van der Waals surface area contributed by atoms with Gasteiger partial charge in [-0.1, -0.05) is 63.5 Å². The van der Waals surface area contributed by atoms with Crippen LogP contribution in [0.2, 0.25) is 18.1 Å². The lowest BCUT2D eigenvalue weighted by Crippen LogP contribution is -2.55. The van der Waals surface area contributed by atoms with Gasteiger partial charge < -0.3 is 13.9 Å². The largest absolute Gasteiger partial charge is 0.413 e. The molecule has 1 aromatic carbocycles. The van der Waals surface area contributed by atoms with E-state index in [1.165, 1.54) is 12.0 Å². The summed E-state index contributed by atoms with van der Waals surface area (Å²) in [6.45, 7) is 18.9. The van der Waals surface area contributed by atoms with Gasteiger partial charge in [0.25, 0.3) is 10.1 Å². The van der Waals surface area contributed by atoms with Gasteiger partial charge in [0.05, 0.1) is 17.6 Å². The minimum atomic E-state index is -3.81. The molecule has 0 N–H and O–H groups in total. The first-order chi connectivity index (χ1) is 20.5. The third-order valence-corrected chi connectivity index (χ3v) is 18.6. The van der Waals surface area contributed by atoms with Gasteiger partial charge in [-0.3, -0.25) is 4.18 Å². The summed E-state index contributed by atoms with van der Waals surface area (Å²) >= 11 is 0. The summed E-state index contributed by atoms with van der Waals surface area (Å²) < 4.78 is 51.2. The molecule has 8 heteroatoms. The van der Waals surface area contributed by atoms with E-state index in [1.807, 2.05) is 19.1 Å². The third kappa shape index (κ3) is 6.17. The summed E-state index contributed by atoms with van der Waals surface area (Å²) in [5, 5.41) is 0.158. The van der Waals surface area contributed by atoms with Gasteiger partial charge in [-0.05, 0) is 111 Å². The third-order valence-electron chi connectivity index (χ3n) is 12.8. The highest BCUT2D eigenvalue weighted by Gasteiger charge is 2.61. The summed E-state index contributed by atoms with van der Waals surface area (Å²) in [5.74, 6) is 1.96. The fourth-order valence-electron chi connectivity index (χ4n) is 9.35. The fraction of sp³-hybridized carbons (Fsp3) is 0.778. The average Bonchev–Trinajstić information content (AvgIpc) is 3.26. The molecule has 6 nitrogen and oxygen atoms in total. The molecule has 4 unspecified atom stereocenters. The van der Waals surface area contributed by atoms with Gasteiger partial charge in [0.15, 0.2) is 14.1 Å². The monoisotopic (exact) mass is 646 g/mol. The first kappa shape index (κ1) is 34.3. The van der Waals surface area contributed by atoms with Crippen molar-refractivity contribution in [1.29, 1.82) is 0 Å². The number of fused-ring (bicyclic) bond motifs is 4. The Morgan fingerprint density at radius 3 is 2.32 bits per heavy atom. The van der Waals surface area contributed by atoms with Crippen LogP contribution in [0, 0.1) is 41.9 Å².